The number of pyridine rings is 1. The van der Waals surface area contributed by atoms with Gasteiger partial charge >= 0.3 is 0 Å². The van der Waals surface area contributed by atoms with Crippen LogP contribution in [0.25, 0.3) is 10.9 Å². The molecule has 1 atom stereocenters. The van der Waals surface area contributed by atoms with E-state index in [2.05, 4.69) is 76.5 Å². The van der Waals surface area contributed by atoms with Gasteiger partial charge in [0.05, 0.1) is 12.6 Å². The maximum absolute atomic E-state index is 13.2. The number of fused-ring (bicyclic) bond motifs is 1. The highest BCUT2D eigenvalue weighted by atomic mass is 16.1. The number of tetrazole rings is 1. The van der Waals surface area contributed by atoms with Crippen molar-refractivity contribution in [3.8, 4) is 0 Å². The lowest BCUT2D eigenvalue weighted by Gasteiger charge is -2.35. The largest absolute Gasteiger partial charge is 0.322 e. The van der Waals surface area contributed by atoms with E-state index < -0.39 is 0 Å². The minimum atomic E-state index is -0.0116. The highest BCUT2D eigenvalue weighted by molar-refractivity contribution is 5.80. The Morgan fingerprint density at radius 2 is 1.83 bits per heavy atom. The zero-order chi connectivity index (χ0) is 24.4. The second-order valence-electron chi connectivity index (χ2n) is 9.86. The molecule has 0 amide bonds. The Kier molecular flexibility index (Phi) is 6.77. The van der Waals surface area contributed by atoms with Crippen molar-refractivity contribution < 1.29 is 0 Å². The number of aryl methyl sites for hydroxylation is 2. The standard InChI is InChI=1S/C28H34N6O/c1-4-26(27-30-31-32-34(27)17-21-10-6-5-7-11-21)33(24-12-8-9-13-24)18-23-16-22-14-19(2)20(3)15-25(22)29-28(23)35/h5-7,10-11,14-16,24,26H,4,8-9,12-13,17-18H2,1-3H3,(H,29,35). The lowest BCUT2D eigenvalue weighted by Crippen LogP contribution is -2.39. The third-order valence-corrected chi connectivity index (χ3v) is 7.50. The van der Waals surface area contributed by atoms with Crippen molar-refractivity contribution in [2.24, 2.45) is 0 Å². The van der Waals surface area contributed by atoms with E-state index in [1.807, 2.05) is 22.9 Å². The van der Waals surface area contributed by atoms with Gasteiger partial charge < -0.3 is 4.98 Å². The number of aromatic nitrogens is 5. The lowest BCUT2D eigenvalue weighted by molar-refractivity contribution is 0.112. The van der Waals surface area contributed by atoms with Crippen LogP contribution in [0.4, 0.5) is 0 Å². The molecule has 0 bridgehead atoms. The fourth-order valence-corrected chi connectivity index (χ4v) is 5.45. The van der Waals surface area contributed by atoms with Gasteiger partial charge in [0, 0.05) is 23.7 Å². The number of hydrogen-bond acceptors (Lipinski definition) is 5. The summed E-state index contributed by atoms with van der Waals surface area (Å²) in [6, 6.07) is 17.0. The molecule has 5 rings (SSSR count). The van der Waals surface area contributed by atoms with Crippen LogP contribution in [-0.2, 0) is 13.1 Å². The van der Waals surface area contributed by atoms with Crippen LogP contribution in [0.5, 0.6) is 0 Å². The summed E-state index contributed by atoms with van der Waals surface area (Å²) >= 11 is 0. The molecular weight excluding hydrogens is 436 g/mol. The van der Waals surface area contributed by atoms with Gasteiger partial charge in [-0.1, -0.05) is 50.1 Å². The van der Waals surface area contributed by atoms with Gasteiger partial charge in [-0.05, 0) is 83.8 Å². The molecule has 1 aliphatic rings. The van der Waals surface area contributed by atoms with Crippen molar-refractivity contribution in [2.45, 2.75) is 78.0 Å². The molecular formula is C28H34N6O. The van der Waals surface area contributed by atoms with Crippen molar-refractivity contribution in [1.29, 1.82) is 0 Å². The number of H-pyrrole nitrogens is 1. The fraction of sp³-hybridized carbons (Fsp3) is 0.429. The normalized spacial score (nSPS) is 15.3. The molecule has 1 unspecified atom stereocenters. The average molecular weight is 471 g/mol. The Hall–Kier alpha value is -3.32. The topological polar surface area (TPSA) is 79.7 Å². The summed E-state index contributed by atoms with van der Waals surface area (Å²) in [6.07, 6.45) is 5.59. The van der Waals surface area contributed by atoms with Gasteiger partial charge in [-0.3, -0.25) is 9.69 Å². The van der Waals surface area contributed by atoms with Gasteiger partial charge in [-0.15, -0.1) is 5.10 Å². The summed E-state index contributed by atoms with van der Waals surface area (Å²) < 4.78 is 1.92. The molecule has 0 radical (unpaired) electrons. The highest BCUT2D eigenvalue weighted by Gasteiger charge is 2.32. The summed E-state index contributed by atoms with van der Waals surface area (Å²) in [5, 5.41) is 13.9. The molecule has 1 fully saturated rings. The van der Waals surface area contributed by atoms with Crippen molar-refractivity contribution >= 4 is 10.9 Å². The monoisotopic (exact) mass is 470 g/mol. The van der Waals surface area contributed by atoms with E-state index in [9.17, 15) is 4.79 Å². The van der Waals surface area contributed by atoms with E-state index in [0.717, 1.165) is 41.6 Å². The SMILES string of the molecule is CCC(c1nnnn1Cc1ccccc1)N(Cc1cc2cc(C)c(C)cc2[nH]c1=O)C1CCCC1. The summed E-state index contributed by atoms with van der Waals surface area (Å²) in [5.74, 6) is 0.868. The number of nitrogens with zero attached hydrogens (tertiary/aromatic N) is 5. The molecule has 2 heterocycles. The van der Waals surface area contributed by atoms with E-state index >= 15 is 0 Å². The van der Waals surface area contributed by atoms with E-state index in [1.165, 1.54) is 29.5 Å². The molecule has 2 aromatic carbocycles. The van der Waals surface area contributed by atoms with Crippen LogP contribution < -0.4 is 5.56 Å². The molecule has 2 aromatic heterocycles. The number of benzene rings is 2. The van der Waals surface area contributed by atoms with Crippen molar-refractivity contribution in [3.63, 3.8) is 0 Å². The first-order valence-corrected chi connectivity index (χ1v) is 12.7. The number of hydrogen-bond donors (Lipinski definition) is 1. The molecule has 1 N–H and O–H groups in total. The smallest absolute Gasteiger partial charge is 0.252 e. The summed E-state index contributed by atoms with van der Waals surface area (Å²) in [5.41, 5.74) is 5.27. The molecule has 0 saturated heterocycles. The quantitative estimate of drug-likeness (QED) is 0.389. The number of aromatic amines is 1. The lowest BCUT2D eigenvalue weighted by atomic mass is 10.0. The van der Waals surface area contributed by atoms with Gasteiger partial charge in [-0.2, -0.15) is 0 Å². The number of rotatable bonds is 8. The number of nitrogens with one attached hydrogen (secondary N) is 1. The van der Waals surface area contributed by atoms with E-state index in [4.69, 9.17) is 0 Å². The zero-order valence-electron chi connectivity index (χ0n) is 20.9. The van der Waals surface area contributed by atoms with Crippen LogP contribution in [0.15, 0.2) is 53.3 Å². The minimum Gasteiger partial charge on any atom is -0.322 e. The van der Waals surface area contributed by atoms with Crippen molar-refractivity contribution in [3.05, 3.63) is 87.0 Å². The van der Waals surface area contributed by atoms with Gasteiger partial charge in [0.15, 0.2) is 5.82 Å². The minimum absolute atomic E-state index is 0.0116. The molecule has 1 saturated carbocycles. The maximum Gasteiger partial charge on any atom is 0.252 e. The Morgan fingerprint density at radius 3 is 2.57 bits per heavy atom. The molecule has 0 aliphatic heterocycles. The van der Waals surface area contributed by atoms with E-state index in [-0.39, 0.29) is 11.6 Å². The Labute approximate surface area is 206 Å². The molecule has 1 aliphatic carbocycles. The Morgan fingerprint density at radius 1 is 1.09 bits per heavy atom. The second kappa shape index (κ2) is 10.1. The van der Waals surface area contributed by atoms with Crippen LogP contribution in [0.3, 0.4) is 0 Å². The first-order chi connectivity index (χ1) is 17.0. The van der Waals surface area contributed by atoms with Gasteiger partial charge in [0.1, 0.15) is 0 Å². The Bertz CT molecular complexity index is 1350. The van der Waals surface area contributed by atoms with Crippen LogP contribution in [0, 0.1) is 13.8 Å². The predicted molar refractivity (Wildman–Crippen MR) is 138 cm³/mol. The highest BCUT2D eigenvalue weighted by Crippen LogP contribution is 2.33. The van der Waals surface area contributed by atoms with Crippen molar-refractivity contribution in [2.75, 3.05) is 0 Å². The molecule has 0 spiro atoms. The average Bonchev–Trinajstić information content (AvgIpc) is 3.54. The molecule has 35 heavy (non-hydrogen) atoms. The van der Waals surface area contributed by atoms with E-state index in [1.54, 1.807) is 0 Å². The van der Waals surface area contributed by atoms with Crippen LogP contribution in [0.2, 0.25) is 0 Å². The summed E-state index contributed by atoms with van der Waals surface area (Å²) in [6.45, 7) is 7.59. The van der Waals surface area contributed by atoms with Gasteiger partial charge in [0.25, 0.3) is 5.56 Å². The summed E-state index contributed by atoms with van der Waals surface area (Å²) in [7, 11) is 0. The fourth-order valence-electron chi connectivity index (χ4n) is 5.45. The third-order valence-electron chi connectivity index (χ3n) is 7.50. The summed E-state index contributed by atoms with van der Waals surface area (Å²) in [4.78, 5) is 18.8. The molecule has 7 nitrogen and oxygen atoms in total. The van der Waals surface area contributed by atoms with Crippen LogP contribution >= 0.6 is 0 Å². The first-order valence-electron chi connectivity index (χ1n) is 12.7. The second-order valence-corrected chi connectivity index (χ2v) is 9.86. The van der Waals surface area contributed by atoms with Crippen molar-refractivity contribution in [1.82, 2.24) is 30.1 Å². The molecule has 182 valence electrons. The van der Waals surface area contributed by atoms with Gasteiger partial charge in [-0.25, -0.2) is 4.68 Å². The zero-order valence-corrected chi connectivity index (χ0v) is 20.9. The van der Waals surface area contributed by atoms with Crippen LogP contribution in [0.1, 0.15) is 73.1 Å². The van der Waals surface area contributed by atoms with Crippen LogP contribution in [-0.4, -0.2) is 36.1 Å². The Balaban J connectivity index is 1.51. The third kappa shape index (κ3) is 4.91. The van der Waals surface area contributed by atoms with Gasteiger partial charge in [0.2, 0.25) is 0 Å². The maximum atomic E-state index is 13.2. The molecule has 4 aromatic rings. The van der Waals surface area contributed by atoms with E-state index in [0.29, 0.717) is 19.1 Å². The molecule has 7 heteroatoms. The first kappa shape index (κ1) is 23.4. The predicted octanol–water partition coefficient (Wildman–Crippen LogP) is 5.08.